The smallest absolute Gasteiger partial charge is 0.141 e. The molecule has 4 nitrogen and oxygen atoms in total. The fourth-order valence-corrected chi connectivity index (χ4v) is 3.16. The summed E-state index contributed by atoms with van der Waals surface area (Å²) in [7, 11) is 3.93. The zero-order valence-corrected chi connectivity index (χ0v) is 13.0. The third-order valence-electron chi connectivity index (χ3n) is 4.35. The number of hydrogen-bond acceptors (Lipinski definition) is 4. The minimum Gasteiger partial charge on any atom is -0.389 e. The van der Waals surface area contributed by atoms with Crippen molar-refractivity contribution in [1.29, 1.82) is 0 Å². The molecule has 1 heterocycles. The first-order chi connectivity index (χ1) is 10.0. The van der Waals surface area contributed by atoms with E-state index >= 15 is 0 Å². The largest absolute Gasteiger partial charge is 0.389 e. The Balaban J connectivity index is 1.83. The fraction of sp³-hybridized carbons (Fsp3) is 0.688. The molecule has 1 atom stereocenters. The molecule has 1 unspecified atom stereocenters. The fourth-order valence-electron chi connectivity index (χ4n) is 3.16. The molecule has 1 fully saturated rings. The van der Waals surface area contributed by atoms with E-state index in [0.717, 1.165) is 50.9 Å². The van der Waals surface area contributed by atoms with E-state index in [4.69, 9.17) is 0 Å². The molecule has 2 N–H and O–H groups in total. The number of nitrogens with one attached hydrogen (secondary N) is 1. The molecule has 118 valence electrons. The van der Waals surface area contributed by atoms with Crippen LogP contribution in [0, 0.1) is 5.82 Å². The molecule has 1 aliphatic rings. The number of aliphatic hydroxyl groups is 1. The molecule has 21 heavy (non-hydrogen) atoms. The average molecular weight is 295 g/mol. The highest BCUT2D eigenvalue weighted by atomic mass is 19.1. The molecule has 1 aromatic rings. The van der Waals surface area contributed by atoms with E-state index in [2.05, 4.69) is 15.2 Å². The quantitative estimate of drug-likeness (QED) is 0.809. The normalized spacial score (nSPS) is 19.1. The van der Waals surface area contributed by atoms with Crippen molar-refractivity contribution < 1.29 is 9.50 Å². The summed E-state index contributed by atoms with van der Waals surface area (Å²) in [6, 6.07) is 3.27. The van der Waals surface area contributed by atoms with E-state index < -0.39 is 5.60 Å². The summed E-state index contributed by atoms with van der Waals surface area (Å²) in [6.07, 6.45) is 6.21. The first kappa shape index (κ1) is 16.3. The third-order valence-corrected chi connectivity index (χ3v) is 4.35. The van der Waals surface area contributed by atoms with Crippen molar-refractivity contribution in [1.82, 2.24) is 15.2 Å². The monoisotopic (exact) mass is 295 g/mol. The molecule has 1 aliphatic carbocycles. The lowest BCUT2D eigenvalue weighted by molar-refractivity contribution is 0.0156. The molecule has 0 saturated heterocycles. The van der Waals surface area contributed by atoms with Crippen LogP contribution in [-0.4, -0.2) is 47.8 Å². The van der Waals surface area contributed by atoms with E-state index in [1.54, 1.807) is 6.07 Å². The molecule has 2 rings (SSSR count). The molecule has 0 aromatic carbocycles. The first-order valence-corrected chi connectivity index (χ1v) is 7.72. The van der Waals surface area contributed by atoms with Gasteiger partial charge in [0.25, 0.3) is 0 Å². The predicted octanol–water partition coefficient (Wildman–Crippen LogP) is 2.11. The summed E-state index contributed by atoms with van der Waals surface area (Å²) in [5.41, 5.74) is 0.352. The van der Waals surface area contributed by atoms with Crippen LogP contribution < -0.4 is 5.32 Å². The lowest BCUT2D eigenvalue weighted by atomic mass is 10.0. The van der Waals surface area contributed by atoms with Crippen LogP contribution in [0.4, 0.5) is 4.39 Å². The zero-order chi connectivity index (χ0) is 15.3. The number of aromatic nitrogens is 1. The van der Waals surface area contributed by atoms with Crippen molar-refractivity contribution in [3.8, 4) is 0 Å². The van der Waals surface area contributed by atoms with Gasteiger partial charge in [0.2, 0.25) is 0 Å². The summed E-state index contributed by atoms with van der Waals surface area (Å²) >= 11 is 0. The zero-order valence-electron chi connectivity index (χ0n) is 13.0. The van der Waals surface area contributed by atoms with Gasteiger partial charge in [0.15, 0.2) is 0 Å². The molecule has 0 spiro atoms. The average Bonchev–Trinajstić information content (AvgIpc) is 2.87. The van der Waals surface area contributed by atoms with Crippen molar-refractivity contribution in [3.63, 3.8) is 0 Å². The van der Waals surface area contributed by atoms with Crippen LogP contribution in [0.2, 0.25) is 0 Å². The van der Waals surface area contributed by atoms with Gasteiger partial charge < -0.3 is 15.3 Å². The SMILES string of the molecule is CNC(CCN(C)CC1(O)CCCC1)c1ccc(F)cn1. The highest BCUT2D eigenvalue weighted by Crippen LogP contribution is 2.30. The van der Waals surface area contributed by atoms with Crippen molar-refractivity contribution in [3.05, 3.63) is 29.8 Å². The Bertz CT molecular complexity index is 432. The van der Waals surface area contributed by atoms with Gasteiger partial charge in [-0.25, -0.2) is 4.39 Å². The van der Waals surface area contributed by atoms with Gasteiger partial charge in [-0.2, -0.15) is 0 Å². The Morgan fingerprint density at radius 3 is 2.71 bits per heavy atom. The van der Waals surface area contributed by atoms with Gasteiger partial charge in [0.1, 0.15) is 5.82 Å². The predicted molar refractivity (Wildman–Crippen MR) is 81.5 cm³/mol. The summed E-state index contributed by atoms with van der Waals surface area (Å²) in [5.74, 6) is -0.311. The van der Waals surface area contributed by atoms with Gasteiger partial charge in [0, 0.05) is 6.54 Å². The highest BCUT2D eigenvalue weighted by molar-refractivity contribution is 5.09. The topological polar surface area (TPSA) is 48.4 Å². The summed E-state index contributed by atoms with van der Waals surface area (Å²) in [5, 5.41) is 13.6. The van der Waals surface area contributed by atoms with Crippen LogP contribution in [0.5, 0.6) is 0 Å². The van der Waals surface area contributed by atoms with E-state index in [1.807, 2.05) is 14.1 Å². The lowest BCUT2D eigenvalue weighted by Crippen LogP contribution is -2.40. The van der Waals surface area contributed by atoms with E-state index in [0.29, 0.717) is 0 Å². The summed E-state index contributed by atoms with van der Waals surface area (Å²) in [4.78, 5) is 6.32. The Morgan fingerprint density at radius 1 is 1.43 bits per heavy atom. The maximum Gasteiger partial charge on any atom is 0.141 e. The maximum absolute atomic E-state index is 12.9. The van der Waals surface area contributed by atoms with E-state index in [-0.39, 0.29) is 11.9 Å². The van der Waals surface area contributed by atoms with Crippen LogP contribution >= 0.6 is 0 Å². The Kier molecular flexibility index (Phi) is 5.67. The summed E-state index contributed by atoms with van der Waals surface area (Å²) in [6.45, 7) is 1.59. The Hall–Kier alpha value is -1.04. The Morgan fingerprint density at radius 2 is 2.14 bits per heavy atom. The van der Waals surface area contributed by atoms with Gasteiger partial charge >= 0.3 is 0 Å². The molecule has 0 bridgehead atoms. The number of halogens is 1. The number of rotatable bonds is 7. The summed E-state index contributed by atoms with van der Waals surface area (Å²) < 4.78 is 12.9. The van der Waals surface area contributed by atoms with Crippen LogP contribution in [0.3, 0.4) is 0 Å². The molecule has 5 heteroatoms. The molecule has 1 saturated carbocycles. The second kappa shape index (κ2) is 7.29. The van der Waals surface area contributed by atoms with Crippen LogP contribution in [-0.2, 0) is 0 Å². The molecule has 0 amide bonds. The Labute approximate surface area is 126 Å². The van der Waals surface area contributed by atoms with Gasteiger partial charge in [-0.1, -0.05) is 12.8 Å². The van der Waals surface area contributed by atoms with Crippen molar-refractivity contribution >= 4 is 0 Å². The van der Waals surface area contributed by atoms with E-state index in [9.17, 15) is 9.50 Å². The second-order valence-corrected chi connectivity index (χ2v) is 6.20. The third kappa shape index (κ3) is 4.73. The molecule has 0 aliphatic heterocycles. The molecular weight excluding hydrogens is 269 g/mol. The number of nitrogens with zero attached hydrogens (tertiary/aromatic N) is 2. The van der Waals surface area contributed by atoms with Crippen molar-refractivity contribution in [2.24, 2.45) is 0 Å². The number of hydrogen-bond donors (Lipinski definition) is 2. The van der Waals surface area contributed by atoms with Gasteiger partial charge in [-0.05, 0) is 52.0 Å². The van der Waals surface area contributed by atoms with Gasteiger partial charge in [-0.15, -0.1) is 0 Å². The van der Waals surface area contributed by atoms with Crippen molar-refractivity contribution in [2.75, 3.05) is 27.2 Å². The van der Waals surface area contributed by atoms with Gasteiger partial charge in [0.05, 0.1) is 23.5 Å². The van der Waals surface area contributed by atoms with Crippen LogP contribution in [0.1, 0.15) is 43.8 Å². The van der Waals surface area contributed by atoms with Crippen molar-refractivity contribution in [2.45, 2.75) is 43.7 Å². The lowest BCUT2D eigenvalue weighted by Gasteiger charge is -2.29. The van der Waals surface area contributed by atoms with Gasteiger partial charge in [-0.3, -0.25) is 4.98 Å². The molecular formula is C16H26FN3O. The van der Waals surface area contributed by atoms with Crippen LogP contribution in [0.25, 0.3) is 0 Å². The highest BCUT2D eigenvalue weighted by Gasteiger charge is 2.32. The van der Waals surface area contributed by atoms with E-state index in [1.165, 1.54) is 12.3 Å². The maximum atomic E-state index is 12.9. The minimum absolute atomic E-state index is 0.103. The minimum atomic E-state index is -0.502. The first-order valence-electron chi connectivity index (χ1n) is 7.72. The number of pyridine rings is 1. The molecule has 1 aromatic heterocycles. The number of likely N-dealkylation sites (N-methyl/N-ethyl adjacent to an activating group) is 1. The second-order valence-electron chi connectivity index (χ2n) is 6.20. The molecule has 0 radical (unpaired) electrons. The van der Waals surface area contributed by atoms with Crippen LogP contribution in [0.15, 0.2) is 18.3 Å². The standard InChI is InChI=1S/C16H26FN3O/c1-18-14(15-6-5-13(17)11-19-15)7-10-20(2)12-16(21)8-3-4-9-16/h5-6,11,14,18,21H,3-4,7-10,12H2,1-2H3.